The van der Waals surface area contributed by atoms with Crippen molar-refractivity contribution in [2.45, 2.75) is 22.8 Å². The van der Waals surface area contributed by atoms with Gasteiger partial charge in [0, 0.05) is 21.5 Å². The first-order valence-electron chi connectivity index (χ1n) is 6.68. The van der Waals surface area contributed by atoms with Gasteiger partial charge in [-0.2, -0.15) is 23.5 Å². The van der Waals surface area contributed by atoms with E-state index in [1.807, 2.05) is 0 Å². The summed E-state index contributed by atoms with van der Waals surface area (Å²) in [5.74, 6) is 11.4. The quantitative estimate of drug-likeness (QED) is 0.634. The van der Waals surface area contributed by atoms with E-state index in [9.17, 15) is 0 Å². The van der Waals surface area contributed by atoms with E-state index in [4.69, 9.17) is 0 Å². The van der Waals surface area contributed by atoms with Gasteiger partial charge in [-0.3, -0.25) is 0 Å². The van der Waals surface area contributed by atoms with Gasteiger partial charge in [-0.25, -0.2) is 0 Å². The molecule has 6 saturated carbocycles. The maximum Gasteiger partial charge on any atom is 0.0346 e. The van der Waals surface area contributed by atoms with Crippen molar-refractivity contribution in [3.63, 3.8) is 0 Å². The van der Waals surface area contributed by atoms with Crippen molar-refractivity contribution in [2.24, 2.45) is 41.4 Å². The third-order valence-electron chi connectivity index (χ3n) is 7.07. The lowest BCUT2D eigenvalue weighted by Gasteiger charge is -2.44. The Morgan fingerprint density at radius 3 is 2.93 bits per heavy atom. The molecular weight excluding hydrogens is 220 g/mol. The van der Waals surface area contributed by atoms with E-state index < -0.39 is 0 Å². The Kier molecular flexibility index (Phi) is 1.08. The lowest BCUT2D eigenvalue weighted by molar-refractivity contribution is 0.146. The fourth-order valence-electron chi connectivity index (χ4n) is 7.42. The van der Waals surface area contributed by atoms with Crippen molar-refractivity contribution >= 4 is 23.5 Å². The summed E-state index contributed by atoms with van der Waals surface area (Å²) >= 11 is 4.84. The van der Waals surface area contributed by atoms with Gasteiger partial charge in [0.15, 0.2) is 0 Å². The number of hydrogen-bond acceptors (Lipinski definition) is 2. The molecule has 7 aliphatic rings. The average molecular weight is 236 g/mol. The van der Waals surface area contributed by atoms with Gasteiger partial charge in [0.2, 0.25) is 0 Å². The summed E-state index contributed by atoms with van der Waals surface area (Å²) in [5.41, 5.74) is 0. The molecule has 2 heteroatoms. The van der Waals surface area contributed by atoms with E-state index in [1.165, 1.54) is 52.9 Å². The topological polar surface area (TPSA) is 0 Å². The lowest BCUT2D eigenvalue weighted by atomic mass is 9.70. The molecule has 0 N–H and O–H groups in total. The minimum Gasteiger partial charge on any atom is -0.156 e. The van der Waals surface area contributed by atoms with Crippen LogP contribution in [0.4, 0.5) is 0 Å². The molecule has 15 heavy (non-hydrogen) atoms. The molecule has 6 aliphatic carbocycles. The first-order valence-corrected chi connectivity index (χ1v) is 8.72. The van der Waals surface area contributed by atoms with Crippen LogP contribution in [0.5, 0.6) is 0 Å². The summed E-state index contributed by atoms with van der Waals surface area (Å²) in [6.45, 7) is 0. The molecule has 0 aromatic rings. The van der Waals surface area contributed by atoms with Gasteiger partial charge in [0.05, 0.1) is 0 Å². The van der Waals surface area contributed by atoms with Crippen LogP contribution in [0.2, 0.25) is 0 Å². The first-order chi connectivity index (χ1) is 7.43. The molecule has 0 aromatic carbocycles. The van der Waals surface area contributed by atoms with Crippen molar-refractivity contribution in [3.8, 4) is 0 Å². The summed E-state index contributed by atoms with van der Waals surface area (Å²) in [5, 5.41) is 1.12. The normalized spacial score (nSPS) is 80.0. The molecule has 0 amide bonds. The summed E-state index contributed by atoms with van der Waals surface area (Å²) in [6.07, 6.45) is 3.33. The number of thioether (sulfide) groups is 2. The standard InChI is InChI=1S/C13H16S2/c1-2-15-13-8-4-6-5-3-7(11(6)13)10(9(5)8)12(13)14-1/h5-12H,1-4H2. The SMILES string of the molecule is C1CSC23C4CC5C6CC(C(C64)C2S1)C53. The molecule has 6 bridgehead atoms. The van der Waals surface area contributed by atoms with E-state index >= 15 is 0 Å². The van der Waals surface area contributed by atoms with Crippen LogP contribution in [0.15, 0.2) is 0 Å². The highest BCUT2D eigenvalue weighted by Gasteiger charge is 2.86. The van der Waals surface area contributed by atoms with Gasteiger partial charge >= 0.3 is 0 Å². The summed E-state index contributed by atoms with van der Waals surface area (Å²) in [6, 6.07) is 0. The first kappa shape index (κ1) is 7.92. The average Bonchev–Trinajstić information content (AvgIpc) is 2.91. The van der Waals surface area contributed by atoms with Crippen LogP contribution in [0.3, 0.4) is 0 Å². The highest BCUT2D eigenvalue weighted by molar-refractivity contribution is 8.07. The van der Waals surface area contributed by atoms with Gasteiger partial charge in [-0.15, -0.1) is 0 Å². The molecular formula is C13H16S2. The van der Waals surface area contributed by atoms with Crippen LogP contribution in [-0.2, 0) is 0 Å². The molecule has 1 spiro atoms. The van der Waals surface area contributed by atoms with E-state index in [1.54, 1.807) is 12.8 Å². The van der Waals surface area contributed by atoms with E-state index in [0.717, 1.165) is 10.00 Å². The van der Waals surface area contributed by atoms with Crippen LogP contribution in [0.1, 0.15) is 12.8 Å². The van der Waals surface area contributed by atoms with E-state index in [2.05, 4.69) is 23.5 Å². The minimum absolute atomic E-state index is 0.848. The molecule has 9 atom stereocenters. The van der Waals surface area contributed by atoms with Gasteiger partial charge in [0.1, 0.15) is 0 Å². The second kappa shape index (κ2) is 2.05. The summed E-state index contributed by atoms with van der Waals surface area (Å²) in [4.78, 5) is 0. The Balaban J connectivity index is 1.69. The summed E-state index contributed by atoms with van der Waals surface area (Å²) in [7, 11) is 0. The Morgan fingerprint density at radius 2 is 1.93 bits per heavy atom. The van der Waals surface area contributed by atoms with Gasteiger partial charge in [-0.1, -0.05) is 0 Å². The fourth-order valence-corrected chi connectivity index (χ4v) is 11.7. The molecule has 0 nitrogen and oxygen atoms in total. The van der Waals surface area contributed by atoms with Crippen molar-refractivity contribution in [1.82, 2.24) is 0 Å². The van der Waals surface area contributed by atoms with E-state index in [-0.39, 0.29) is 0 Å². The second-order valence-electron chi connectivity index (χ2n) is 6.74. The predicted octanol–water partition coefficient (Wildman–Crippen LogP) is 2.74. The van der Waals surface area contributed by atoms with Crippen LogP contribution in [-0.4, -0.2) is 21.5 Å². The molecule has 0 radical (unpaired) electrons. The lowest BCUT2D eigenvalue weighted by Crippen LogP contribution is -2.45. The van der Waals surface area contributed by atoms with E-state index in [0.29, 0.717) is 0 Å². The largest absolute Gasteiger partial charge is 0.156 e. The van der Waals surface area contributed by atoms with Gasteiger partial charge in [0.25, 0.3) is 0 Å². The molecule has 1 aliphatic heterocycles. The minimum atomic E-state index is 0.848. The molecule has 1 heterocycles. The van der Waals surface area contributed by atoms with Crippen LogP contribution >= 0.6 is 23.5 Å². The maximum absolute atomic E-state index is 2.45. The maximum atomic E-state index is 2.45. The van der Waals surface area contributed by atoms with Crippen LogP contribution in [0, 0.1) is 41.4 Å². The van der Waals surface area contributed by atoms with Crippen molar-refractivity contribution in [1.29, 1.82) is 0 Å². The zero-order chi connectivity index (χ0) is 9.36. The summed E-state index contributed by atoms with van der Waals surface area (Å²) < 4.78 is 0.848. The molecule has 0 aromatic heterocycles. The third kappa shape index (κ3) is 0.533. The van der Waals surface area contributed by atoms with Gasteiger partial charge in [-0.05, 0) is 54.3 Å². The zero-order valence-electron chi connectivity index (χ0n) is 8.76. The molecule has 80 valence electrons. The second-order valence-corrected chi connectivity index (χ2v) is 9.40. The third-order valence-corrected chi connectivity index (χ3v) is 10.7. The van der Waals surface area contributed by atoms with Gasteiger partial charge < -0.3 is 0 Å². The van der Waals surface area contributed by atoms with Crippen molar-refractivity contribution < 1.29 is 0 Å². The predicted molar refractivity (Wildman–Crippen MR) is 65.1 cm³/mol. The smallest absolute Gasteiger partial charge is 0.0346 e. The fraction of sp³-hybridized carbons (Fsp3) is 1.00. The molecule has 9 unspecified atom stereocenters. The van der Waals surface area contributed by atoms with Crippen molar-refractivity contribution in [2.75, 3.05) is 11.5 Å². The molecule has 7 fully saturated rings. The Bertz CT molecular complexity index is 379. The van der Waals surface area contributed by atoms with Crippen LogP contribution < -0.4 is 0 Å². The highest BCUT2D eigenvalue weighted by atomic mass is 32.2. The van der Waals surface area contributed by atoms with Crippen molar-refractivity contribution in [3.05, 3.63) is 0 Å². The Labute approximate surface area is 99.3 Å². The highest BCUT2D eigenvalue weighted by Crippen LogP contribution is 2.88. The number of hydrogen-bond donors (Lipinski definition) is 0. The zero-order valence-corrected chi connectivity index (χ0v) is 10.4. The van der Waals surface area contributed by atoms with Crippen LogP contribution in [0.25, 0.3) is 0 Å². The molecule has 1 saturated heterocycles. The molecule has 7 rings (SSSR count). The number of rotatable bonds is 0. The Morgan fingerprint density at radius 1 is 0.933 bits per heavy atom. The Hall–Kier alpha value is 0.700. The monoisotopic (exact) mass is 236 g/mol.